The van der Waals surface area contributed by atoms with Crippen LogP contribution >= 0.6 is 0 Å². The van der Waals surface area contributed by atoms with Gasteiger partial charge in [-0.25, -0.2) is 0 Å². The van der Waals surface area contributed by atoms with Crippen molar-refractivity contribution < 1.29 is 19.1 Å². The maximum Gasteiger partial charge on any atom is 0.239 e. The van der Waals surface area contributed by atoms with Gasteiger partial charge in [0.1, 0.15) is 0 Å². The van der Waals surface area contributed by atoms with Gasteiger partial charge in [-0.15, -0.1) is 0 Å². The standard InChI is InChI=1S/C17H31N5O4/c1-12(2)16(18)17(25)19-10-14(23)20-13-9-15(24)22(11-13)4-3-21-5-7-26-8-6-21/h12-13,16H,3-11,18H2,1-2H3,(H,19,25)(H,20,23)/t13?,16-/m0/s1. The first-order chi connectivity index (χ1) is 12.4. The lowest BCUT2D eigenvalue weighted by atomic mass is 10.1. The van der Waals surface area contributed by atoms with Crippen molar-refractivity contribution in [2.75, 3.05) is 52.5 Å². The summed E-state index contributed by atoms with van der Waals surface area (Å²) < 4.78 is 5.31. The number of nitrogens with two attached hydrogens (primary N) is 1. The van der Waals surface area contributed by atoms with E-state index in [0.717, 1.165) is 32.8 Å². The normalized spacial score (nSPS) is 22.5. The molecule has 2 heterocycles. The van der Waals surface area contributed by atoms with E-state index in [1.54, 1.807) is 4.90 Å². The second-order valence-electron chi connectivity index (χ2n) is 7.25. The van der Waals surface area contributed by atoms with E-state index in [9.17, 15) is 14.4 Å². The number of hydrogen-bond acceptors (Lipinski definition) is 6. The molecule has 4 N–H and O–H groups in total. The number of morpholine rings is 1. The summed E-state index contributed by atoms with van der Waals surface area (Å²) in [6.45, 7) is 8.80. The van der Waals surface area contributed by atoms with Crippen molar-refractivity contribution in [3.63, 3.8) is 0 Å². The summed E-state index contributed by atoms with van der Waals surface area (Å²) in [5, 5.41) is 5.35. The number of likely N-dealkylation sites (tertiary alicyclic amines) is 1. The third-order valence-corrected chi connectivity index (χ3v) is 4.81. The van der Waals surface area contributed by atoms with Crippen LogP contribution in [-0.4, -0.2) is 92.1 Å². The third-order valence-electron chi connectivity index (χ3n) is 4.81. The van der Waals surface area contributed by atoms with E-state index in [0.29, 0.717) is 19.5 Å². The highest BCUT2D eigenvalue weighted by molar-refractivity contribution is 5.88. The molecule has 3 amide bonds. The summed E-state index contributed by atoms with van der Waals surface area (Å²) in [6, 6.07) is -0.845. The molecule has 0 saturated carbocycles. The maximum absolute atomic E-state index is 12.1. The molecule has 0 aromatic carbocycles. The summed E-state index contributed by atoms with van der Waals surface area (Å²) in [5.74, 6) is -0.591. The first-order valence-corrected chi connectivity index (χ1v) is 9.27. The number of rotatable bonds is 8. The van der Waals surface area contributed by atoms with Crippen LogP contribution in [0, 0.1) is 5.92 Å². The highest BCUT2D eigenvalue weighted by Gasteiger charge is 2.30. The number of nitrogens with zero attached hydrogens (tertiary/aromatic N) is 2. The van der Waals surface area contributed by atoms with Crippen LogP contribution in [0.5, 0.6) is 0 Å². The van der Waals surface area contributed by atoms with Crippen molar-refractivity contribution >= 4 is 17.7 Å². The lowest BCUT2D eigenvalue weighted by Crippen LogP contribution is -2.48. The first kappa shape index (κ1) is 20.6. The highest BCUT2D eigenvalue weighted by Crippen LogP contribution is 2.11. The lowest BCUT2D eigenvalue weighted by Gasteiger charge is -2.28. The number of hydrogen-bond donors (Lipinski definition) is 3. The van der Waals surface area contributed by atoms with E-state index in [1.165, 1.54) is 0 Å². The van der Waals surface area contributed by atoms with Gasteiger partial charge >= 0.3 is 0 Å². The quantitative estimate of drug-likeness (QED) is 0.462. The summed E-state index contributed by atoms with van der Waals surface area (Å²) in [5.41, 5.74) is 5.73. The minimum Gasteiger partial charge on any atom is -0.379 e. The largest absolute Gasteiger partial charge is 0.379 e. The number of nitrogens with one attached hydrogen (secondary N) is 2. The maximum atomic E-state index is 12.1. The molecular weight excluding hydrogens is 338 g/mol. The van der Waals surface area contributed by atoms with E-state index in [2.05, 4.69) is 15.5 Å². The van der Waals surface area contributed by atoms with Crippen LogP contribution in [-0.2, 0) is 19.1 Å². The molecule has 0 aromatic heterocycles. The molecule has 2 rings (SSSR count). The van der Waals surface area contributed by atoms with Gasteiger partial charge in [0.2, 0.25) is 17.7 Å². The van der Waals surface area contributed by atoms with Crippen LogP contribution < -0.4 is 16.4 Å². The summed E-state index contributed by atoms with van der Waals surface area (Å²) in [7, 11) is 0. The van der Waals surface area contributed by atoms with Gasteiger partial charge in [-0.3, -0.25) is 19.3 Å². The van der Waals surface area contributed by atoms with Crippen molar-refractivity contribution in [3.05, 3.63) is 0 Å². The molecule has 0 spiro atoms. The van der Waals surface area contributed by atoms with Crippen molar-refractivity contribution in [1.82, 2.24) is 20.4 Å². The Labute approximate surface area is 154 Å². The Bertz CT molecular complexity index is 507. The van der Waals surface area contributed by atoms with Gasteiger partial charge in [0.25, 0.3) is 0 Å². The molecule has 2 saturated heterocycles. The number of ether oxygens (including phenoxy) is 1. The summed E-state index contributed by atoms with van der Waals surface area (Å²) in [4.78, 5) is 39.9. The van der Waals surface area contributed by atoms with Crippen LogP contribution in [0.3, 0.4) is 0 Å². The van der Waals surface area contributed by atoms with Crippen LogP contribution in [0.4, 0.5) is 0 Å². The lowest BCUT2D eigenvalue weighted by molar-refractivity contribution is -0.128. The Hall–Kier alpha value is -1.71. The fourth-order valence-corrected chi connectivity index (χ4v) is 3.04. The molecule has 2 aliphatic rings. The van der Waals surface area contributed by atoms with Crippen molar-refractivity contribution in [2.45, 2.75) is 32.4 Å². The predicted octanol–water partition coefficient (Wildman–Crippen LogP) is -1.86. The van der Waals surface area contributed by atoms with Crippen LogP contribution in [0.25, 0.3) is 0 Å². The molecule has 0 bridgehead atoms. The molecule has 0 aromatic rings. The van der Waals surface area contributed by atoms with Crippen LogP contribution in [0.1, 0.15) is 20.3 Å². The number of carbonyl (C=O) groups is 3. The summed E-state index contributed by atoms with van der Waals surface area (Å²) >= 11 is 0. The van der Waals surface area contributed by atoms with E-state index in [1.807, 2.05) is 13.8 Å². The fourth-order valence-electron chi connectivity index (χ4n) is 3.04. The molecule has 2 fully saturated rings. The summed E-state index contributed by atoms with van der Waals surface area (Å²) in [6.07, 6.45) is 0.300. The van der Waals surface area contributed by atoms with Gasteiger partial charge in [0.05, 0.1) is 31.8 Å². The van der Waals surface area contributed by atoms with Crippen LogP contribution in [0.2, 0.25) is 0 Å². The average molecular weight is 369 g/mol. The van der Waals surface area contributed by atoms with Crippen LogP contribution in [0.15, 0.2) is 0 Å². The van der Waals surface area contributed by atoms with E-state index >= 15 is 0 Å². The second kappa shape index (κ2) is 9.84. The van der Waals surface area contributed by atoms with Gasteiger partial charge in [-0.1, -0.05) is 13.8 Å². The Balaban J connectivity index is 1.67. The molecule has 0 radical (unpaired) electrons. The third kappa shape index (κ3) is 6.22. The second-order valence-corrected chi connectivity index (χ2v) is 7.25. The zero-order valence-electron chi connectivity index (χ0n) is 15.7. The van der Waals surface area contributed by atoms with E-state index in [4.69, 9.17) is 10.5 Å². The molecule has 2 atom stereocenters. The smallest absolute Gasteiger partial charge is 0.239 e. The SMILES string of the molecule is CC(C)[C@H](N)C(=O)NCC(=O)NC1CC(=O)N(CCN2CCOCC2)C1. The zero-order valence-corrected chi connectivity index (χ0v) is 15.7. The Morgan fingerprint density at radius 1 is 1.27 bits per heavy atom. The van der Waals surface area contributed by atoms with Crippen molar-refractivity contribution in [2.24, 2.45) is 11.7 Å². The van der Waals surface area contributed by atoms with E-state index < -0.39 is 6.04 Å². The molecule has 2 aliphatic heterocycles. The highest BCUT2D eigenvalue weighted by atomic mass is 16.5. The monoisotopic (exact) mass is 369 g/mol. The zero-order chi connectivity index (χ0) is 19.1. The topological polar surface area (TPSA) is 117 Å². The number of amides is 3. The Morgan fingerprint density at radius 2 is 1.96 bits per heavy atom. The minimum atomic E-state index is -0.633. The fraction of sp³-hybridized carbons (Fsp3) is 0.824. The molecule has 1 unspecified atom stereocenters. The first-order valence-electron chi connectivity index (χ1n) is 9.27. The molecule has 0 aliphatic carbocycles. The van der Waals surface area contributed by atoms with Gasteiger partial charge in [-0.2, -0.15) is 0 Å². The minimum absolute atomic E-state index is 0.00513. The van der Waals surface area contributed by atoms with Gasteiger partial charge < -0.3 is 26.0 Å². The van der Waals surface area contributed by atoms with Gasteiger partial charge in [0.15, 0.2) is 0 Å². The molecule has 9 heteroatoms. The van der Waals surface area contributed by atoms with Gasteiger partial charge in [0, 0.05) is 39.1 Å². The molecule has 26 heavy (non-hydrogen) atoms. The van der Waals surface area contributed by atoms with Crippen molar-refractivity contribution in [3.8, 4) is 0 Å². The molecule has 9 nitrogen and oxygen atoms in total. The Kier molecular flexibility index (Phi) is 7.80. The predicted molar refractivity (Wildman–Crippen MR) is 96.2 cm³/mol. The Morgan fingerprint density at radius 3 is 2.62 bits per heavy atom. The van der Waals surface area contributed by atoms with Gasteiger partial charge in [-0.05, 0) is 5.92 Å². The van der Waals surface area contributed by atoms with E-state index in [-0.39, 0.29) is 36.2 Å². The molecule has 148 valence electrons. The van der Waals surface area contributed by atoms with Crippen molar-refractivity contribution in [1.29, 1.82) is 0 Å². The average Bonchev–Trinajstić information content (AvgIpc) is 2.97. The molecular formula is C17H31N5O4. The number of carbonyl (C=O) groups excluding carboxylic acids is 3.